The van der Waals surface area contributed by atoms with Crippen molar-refractivity contribution in [3.8, 4) is 0 Å². The second kappa shape index (κ2) is 19.1. The molecule has 0 N–H and O–H groups in total. The van der Waals surface area contributed by atoms with Gasteiger partial charge in [-0.15, -0.1) is 0 Å². The van der Waals surface area contributed by atoms with Gasteiger partial charge in [0.15, 0.2) is 0 Å². The molecule has 1 aliphatic heterocycles. The molecule has 0 aromatic heterocycles. The van der Waals surface area contributed by atoms with Crippen LogP contribution in [0, 0.1) is 0 Å². The van der Waals surface area contributed by atoms with E-state index in [1.165, 1.54) is 0 Å². The van der Waals surface area contributed by atoms with E-state index in [0.717, 1.165) is 45.5 Å². The smallest absolute Gasteiger partial charge is 0.397 e. The van der Waals surface area contributed by atoms with Gasteiger partial charge in [0, 0.05) is 46.2 Å². The molecule has 0 aromatic rings. The van der Waals surface area contributed by atoms with E-state index in [-0.39, 0.29) is 0 Å². The highest BCUT2D eigenvalue weighted by Gasteiger charge is 2.44. The topological polar surface area (TPSA) is 77.1 Å². The average molecular weight is 443 g/mol. The van der Waals surface area contributed by atoms with Crippen molar-refractivity contribution in [1.82, 2.24) is 0 Å². The van der Waals surface area contributed by atoms with E-state index in [9.17, 15) is 0 Å². The van der Waals surface area contributed by atoms with E-state index < -0.39 is 18.3 Å². The Labute approximate surface area is 174 Å². The van der Waals surface area contributed by atoms with Crippen LogP contribution in [0.15, 0.2) is 0 Å². The first-order chi connectivity index (χ1) is 13.6. The number of epoxide rings is 1. The van der Waals surface area contributed by atoms with Crippen LogP contribution < -0.4 is 0 Å². The number of ether oxygens (including phenoxy) is 2. The molecule has 170 valence electrons. The van der Waals surface area contributed by atoms with Crippen LogP contribution in [-0.2, 0) is 36.0 Å². The molecule has 1 atom stereocenters. The Balaban J connectivity index is 0.000000528. The van der Waals surface area contributed by atoms with Crippen LogP contribution in [0.4, 0.5) is 0 Å². The highest BCUT2D eigenvalue weighted by atomic mass is 28.4. The summed E-state index contributed by atoms with van der Waals surface area (Å²) in [6, 6.07) is 1.03. The van der Waals surface area contributed by atoms with Crippen molar-refractivity contribution in [3.63, 3.8) is 0 Å². The summed E-state index contributed by atoms with van der Waals surface area (Å²) >= 11 is 0. The molecule has 1 rings (SSSR count). The maximum atomic E-state index is 5.56. The van der Waals surface area contributed by atoms with Crippen LogP contribution in [-0.4, -0.2) is 83.9 Å². The van der Waals surface area contributed by atoms with Crippen molar-refractivity contribution in [2.75, 3.05) is 59.5 Å². The van der Waals surface area contributed by atoms with E-state index >= 15 is 0 Å². The molecule has 8 nitrogen and oxygen atoms in total. The number of rotatable bonds is 18. The van der Waals surface area contributed by atoms with Crippen LogP contribution in [0.3, 0.4) is 0 Å². The third-order valence-corrected chi connectivity index (χ3v) is 8.28. The minimum atomic E-state index is -2.80. The summed E-state index contributed by atoms with van der Waals surface area (Å²) in [4.78, 5) is 0. The van der Waals surface area contributed by atoms with Crippen molar-refractivity contribution in [2.24, 2.45) is 0 Å². The quantitative estimate of drug-likeness (QED) is 0.182. The predicted octanol–water partition coefficient (Wildman–Crippen LogP) is 2.65. The van der Waals surface area contributed by atoms with Gasteiger partial charge in [0.2, 0.25) is 0 Å². The molecule has 0 aromatic carbocycles. The Morgan fingerprint density at radius 3 is 1.61 bits per heavy atom. The van der Waals surface area contributed by atoms with Gasteiger partial charge < -0.3 is 36.0 Å². The molecule has 1 unspecified atom stereocenters. The zero-order valence-electron chi connectivity index (χ0n) is 18.7. The lowest BCUT2D eigenvalue weighted by Gasteiger charge is -2.26. The lowest BCUT2D eigenvalue weighted by molar-refractivity contribution is -0.0247. The van der Waals surface area contributed by atoms with E-state index in [2.05, 4.69) is 0 Å². The Kier molecular flexibility index (Phi) is 19.2. The Bertz CT molecular complexity index is 299. The van der Waals surface area contributed by atoms with Gasteiger partial charge in [0.1, 0.15) is 6.10 Å². The lowest BCUT2D eigenvalue weighted by Crippen LogP contribution is -2.49. The molecule has 0 bridgehead atoms. The summed E-state index contributed by atoms with van der Waals surface area (Å²) < 4.78 is 43.3. The van der Waals surface area contributed by atoms with E-state index in [4.69, 9.17) is 36.0 Å². The number of hydrogen-bond acceptors (Lipinski definition) is 8. The largest absolute Gasteiger partial charge is 0.679 e. The first-order valence-corrected chi connectivity index (χ1v) is 14.0. The van der Waals surface area contributed by atoms with Gasteiger partial charge in [0.25, 0.3) is 0 Å². The van der Waals surface area contributed by atoms with Gasteiger partial charge in [-0.1, -0.05) is 0 Å². The predicted molar refractivity (Wildman–Crippen MR) is 113 cm³/mol. The Morgan fingerprint density at radius 1 is 0.786 bits per heavy atom. The monoisotopic (exact) mass is 442 g/mol. The second-order valence-corrected chi connectivity index (χ2v) is 10.0. The van der Waals surface area contributed by atoms with Crippen molar-refractivity contribution in [1.29, 1.82) is 0 Å². The molecule has 0 spiro atoms. The third kappa shape index (κ3) is 15.0. The maximum Gasteiger partial charge on any atom is 0.679 e. The Morgan fingerprint density at radius 2 is 1.25 bits per heavy atom. The van der Waals surface area contributed by atoms with Gasteiger partial charge in [-0.25, -0.2) is 0 Å². The first kappa shape index (κ1) is 28.1. The standard InChI is InChI=1S/C10H22O4Si.C8H20O4Si/c1-3-13-15(14-4-2)7-5-6-11-8-10-9-12-10;1-5-9-13(10-6-2,11-7-3)12-8-4/h10,15H,3-9H2,1-2H3;5-8H2,1-4H3. The van der Waals surface area contributed by atoms with Crippen LogP contribution in [0.1, 0.15) is 48.0 Å². The molecule has 28 heavy (non-hydrogen) atoms. The minimum Gasteiger partial charge on any atom is -0.397 e. The van der Waals surface area contributed by atoms with Crippen LogP contribution in [0.2, 0.25) is 6.04 Å². The molecular formula is C18H42O8Si2. The van der Waals surface area contributed by atoms with Gasteiger partial charge in [-0.05, 0) is 54.0 Å². The third-order valence-electron chi connectivity index (χ3n) is 3.42. The zero-order valence-corrected chi connectivity index (χ0v) is 20.9. The minimum absolute atomic E-state index is 0.372. The fourth-order valence-corrected chi connectivity index (χ4v) is 5.86. The summed E-state index contributed by atoms with van der Waals surface area (Å²) in [7, 11) is -4.19. The van der Waals surface area contributed by atoms with Gasteiger partial charge in [0.05, 0.1) is 13.2 Å². The SMILES string of the molecule is CCO[SiH](CCCOCC1CO1)OCC.CCO[Si](OCC)(OCC)OCC. The zero-order chi connectivity index (χ0) is 21.1. The van der Waals surface area contributed by atoms with E-state index in [1.807, 2.05) is 41.5 Å². The second-order valence-electron chi connectivity index (χ2n) is 5.74. The van der Waals surface area contributed by atoms with Crippen molar-refractivity contribution < 1.29 is 36.0 Å². The summed E-state index contributed by atoms with van der Waals surface area (Å²) in [6.07, 6.45) is 1.40. The molecule has 1 saturated heterocycles. The van der Waals surface area contributed by atoms with Crippen LogP contribution >= 0.6 is 0 Å². The first-order valence-electron chi connectivity index (χ1n) is 10.6. The normalized spacial score (nSPS) is 16.2. The summed E-state index contributed by atoms with van der Waals surface area (Å²) in [5, 5.41) is 0. The summed E-state index contributed by atoms with van der Waals surface area (Å²) in [5.74, 6) is 0. The summed E-state index contributed by atoms with van der Waals surface area (Å²) in [5.41, 5.74) is 0. The van der Waals surface area contributed by atoms with Crippen LogP contribution in [0.25, 0.3) is 0 Å². The van der Waals surface area contributed by atoms with E-state index in [1.54, 1.807) is 0 Å². The van der Waals surface area contributed by atoms with Gasteiger partial charge >= 0.3 is 18.3 Å². The lowest BCUT2D eigenvalue weighted by atomic mass is 10.5. The Hall–Kier alpha value is 0.114. The molecule has 10 heteroatoms. The molecule has 0 amide bonds. The molecule has 0 saturated carbocycles. The molecule has 0 radical (unpaired) electrons. The molecule has 1 aliphatic rings. The maximum absolute atomic E-state index is 5.56. The molecule has 1 fully saturated rings. The van der Waals surface area contributed by atoms with Crippen molar-refractivity contribution >= 4 is 18.3 Å². The fourth-order valence-electron chi connectivity index (χ4n) is 2.27. The highest BCUT2D eigenvalue weighted by Crippen LogP contribution is 2.11. The average Bonchev–Trinajstić information content (AvgIpc) is 3.48. The van der Waals surface area contributed by atoms with Crippen LogP contribution in [0.5, 0.6) is 0 Å². The van der Waals surface area contributed by atoms with Gasteiger partial charge in [-0.3, -0.25) is 0 Å². The van der Waals surface area contributed by atoms with E-state index in [0.29, 0.717) is 32.5 Å². The van der Waals surface area contributed by atoms with Crippen molar-refractivity contribution in [3.05, 3.63) is 0 Å². The summed E-state index contributed by atoms with van der Waals surface area (Å²) in [6.45, 7) is 17.8. The fraction of sp³-hybridized carbons (Fsp3) is 1.00. The molecule has 1 heterocycles. The number of hydrogen-bond donors (Lipinski definition) is 0. The highest BCUT2D eigenvalue weighted by molar-refractivity contribution is 6.53. The molecule has 0 aliphatic carbocycles. The molecular weight excluding hydrogens is 400 g/mol. The van der Waals surface area contributed by atoms with Crippen molar-refractivity contribution in [2.45, 2.75) is 60.1 Å². The van der Waals surface area contributed by atoms with Gasteiger partial charge in [-0.2, -0.15) is 0 Å².